The van der Waals surface area contributed by atoms with E-state index in [0.29, 0.717) is 11.0 Å². The molecule has 1 aliphatic rings. The van der Waals surface area contributed by atoms with E-state index in [1.165, 1.54) is 12.8 Å². The quantitative estimate of drug-likeness (QED) is 0.790. The smallest absolute Gasteiger partial charge is 0.230 e. The van der Waals surface area contributed by atoms with Gasteiger partial charge in [0.05, 0.1) is 5.75 Å². The fraction of sp³-hybridized carbons (Fsp3) is 0.917. The summed E-state index contributed by atoms with van der Waals surface area (Å²) in [7, 11) is 0. The van der Waals surface area contributed by atoms with Crippen molar-refractivity contribution < 1.29 is 4.79 Å². The Balaban J connectivity index is 2.09. The number of nitrogens with one attached hydrogen (secondary N) is 2. The molecule has 1 saturated heterocycles. The monoisotopic (exact) mass is 244 g/mol. The van der Waals surface area contributed by atoms with E-state index < -0.39 is 0 Å². The maximum Gasteiger partial charge on any atom is 0.230 e. The van der Waals surface area contributed by atoms with Crippen molar-refractivity contribution in [2.24, 2.45) is 5.41 Å². The number of carbonyl (C=O) groups is 1. The van der Waals surface area contributed by atoms with Crippen molar-refractivity contribution in [1.82, 2.24) is 10.6 Å². The second-order valence-electron chi connectivity index (χ2n) is 5.60. The Hall–Kier alpha value is -0.220. The lowest BCUT2D eigenvalue weighted by Crippen LogP contribution is -2.35. The van der Waals surface area contributed by atoms with Crippen LogP contribution in [-0.4, -0.2) is 36.5 Å². The standard InChI is InChI=1S/C12H24N2OS/c1-12(2,3)9-14-11(15)8-16-10-4-6-13-7-5-10/h10,13H,4-9H2,1-3H3,(H,14,15). The minimum atomic E-state index is 0.176. The van der Waals surface area contributed by atoms with Crippen molar-refractivity contribution in [3.8, 4) is 0 Å². The van der Waals surface area contributed by atoms with Gasteiger partial charge in [-0.3, -0.25) is 4.79 Å². The van der Waals surface area contributed by atoms with Crippen LogP contribution in [0.3, 0.4) is 0 Å². The van der Waals surface area contributed by atoms with Crippen LogP contribution in [0.25, 0.3) is 0 Å². The van der Waals surface area contributed by atoms with E-state index in [1.807, 2.05) is 0 Å². The van der Waals surface area contributed by atoms with Gasteiger partial charge in [-0.1, -0.05) is 20.8 Å². The van der Waals surface area contributed by atoms with E-state index >= 15 is 0 Å². The molecule has 1 heterocycles. The highest BCUT2D eigenvalue weighted by Gasteiger charge is 2.16. The van der Waals surface area contributed by atoms with Gasteiger partial charge < -0.3 is 10.6 Å². The van der Waals surface area contributed by atoms with Crippen molar-refractivity contribution in [3.05, 3.63) is 0 Å². The van der Waals surface area contributed by atoms with E-state index in [9.17, 15) is 4.79 Å². The van der Waals surface area contributed by atoms with Gasteiger partial charge in [0.1, 0.15) is 0 Å². The first kappa shape index (κ1) is 13.8. The summed E-state index contributed by atoms with van der Waals surface area (Å²) < 4.78 is 0. The average molecular weight is 244 g/mol. The third-order valence-corrected chi connectivity index (χ3v) is 3.92. The lowest BCUT2D eigenvalue weighted by atomic mass is 9.97. The number of amides is 1. The molecule has 1 fully saturated rings. The van der Waals surface area contributed by atoms with Crippen molar-refractivity contribution in [3.63, 3.8) is 0 Å². The third kappa shape index (κ3) is 6.38. The normalized spacial score (nSPS) is 18.4. The zero-order valence-corrected chi connectivity index (χ0v) is 11.5. The fourth-order valence-corrected chi connectivity index (χ4v) is 2.63. The molecule has 0 radical (unpaired) electrons. The summed E-state index contributed by atoms with van der Waals surface area (Å²) in [5, 5.41) is 6.99. The summed E-state index contributed by atoms with van der Waals surface area (Å²) in [4.78, 5) is 11.6. The summed E-state index contributed by atoms with van der Waals surface area (Å²) >= 11 is 1.80. The molecular weight excluding hydrogens is 220 g/mol. The SMILES string of the molecule is CC(C)(C)CNC(=O)CSC1CCNCC1. The fourth-order valence-electron chi connectivity index (χ4n) is 1.57. The van der Waals surface area contributed by atoms with Crippen LogP contribution in [0.15, 0.2) is 0 Å². The van der Waals surface area contributed by atoms with Gasteiger partial charge in [-0.25, -0.2) is 0 Å². The number of hydrogen-bond donors (Lipinski definition) is 2. The maximum absolute atomic E-state index is 11.6. The second kappa shape index (κ2) is 6.50. The van der Waals surface area contributed by atoms with Gasteiger partial charge in [-0.2, -0.15) is 0 Å². The third-order valence-electron chi connectivity index (χ3n) is 2.55. The lowest BCUT2D eigenvalue weighted by Gasteiger charge is -2.22. The first-order valence-electron chi connectivity index (χ1n) is 6.06. The highest BCUT2D eigenvalue weighted by atomic mass is 32.2. The highest BCUT2D eigenvalue weighted by molar-refractivity contribution is 8.00. The molecule has 0 spiro atoms. The van der Waals surface area contributed by atoms with Crippen LogP contribution in [-0.2, 0) is 4.79 Å². The van der Waals surface area contributed by atoms with Crippen LogP contribution in [0.2, 0.25) is 0 Å². The molecule has 1 aliphatic heterocycles. The highest BCUT2D eigenvalue weighted by Crippen LogP contribution is 2.19. The zero-order valence-electron chi connectivity index (χ0n) is 10.6. The van der Waals surface area contributed by atoms with E-state index in [2.05, 4.69) is 31.4 Å². The largest absolute Gasteiger partial charge is 0.355 e. The molecule has 0 aromatic heterocycles. The van der Waals surface area contributed by atoms with Gasteiger partial charge in [-0.15, -0.1) is 11.8 Å². The van der Waals surface area contributed by atoms with Gasteiger partial charge in [0.2, 0.25) is 5.91 Å². The van der Waals surface area contributed by atoms with Crippen molar-refractivity contribution in [1.29, 1.82) is 0 Å². The van der Waals surface area contributed by atoms with Crippen molar-refractivity contribution in [2.75, 3.05) is 25.4 Å². The molecule has 4 heteroatoms. The molecule has 0 aliphatic carbocycles. The summed E-state index contributed by atoms with van der Waals surface area (Å²) in [6.45, 7) is 9.36. The number of carbonyl (C=O) groups excluding carboxylic acids is 1. The topological polar surface area (TPSA) is 41.1 Å². The molecule has 1 rings (SSSR count). The Morgan fingerprint density at radius 2 is 2.00 bits per heavy atom. The first-order valence-corrected chi connectivity index (χ1v) is 7.11. The molecule has 0 aromatic carbocycles. The Bertz CT molecular complexity index is 220. The Morgan fingerprint density at radius 1 is 1.38 bits per heavy atom. The number of thioether (sulfide) groups is 1. The van der Waals surface area contributed by atoms with Gasteiger partial charge in [-0.05, 0) is 31.3 Å². The summed E-state index contributed by atoms with van der Waals surface area (Å²) in [5.74, 6) is 0.791. The maximum atomic E-state index is 11.6. The van der Waals surface area contributed by atoms with Gasteiger partial charge in [0, 0.05) is 11.8 Å². The van der Waals surface area contributed by atoms with Gasteiger partial charge in [0.15, 0.2) is 0 Å². The predicted molar refractivity (Wildman–Crippen MR) is 70.8 cm³/mol. The van der Waals surface area contributed by atoms with Crippen molar-refractivity contribution in [2.45, 2.75) is 38.9 Å². The van der Waals surface area contributed by atoms with E-state index in [-0.39, 0.29) is 11.3 Å². The minimum Gasteiger partial charge on any atom is -0.355 e. The Kier molecular flexibility index (Phi) is 5.62. The van der Waals surface area contributed by atoms with Crippen LogP contribution < -0.4 is 10.6 Å². The minimum absolute atomic E-state index is 0.176. The summed E-state index contributed by atoms with van der Waals surface area (Å²) in [6, 6.07) is 0. The van der Waals surface area contributed by atoms with Crippen LogP contribution in [0.5, 0.6) is 0 Å². The molecule has 2 N–H and O–H groups in total. The Labute approximate surface area is 103 Å². The predicted octanol–water partition coefficient (Wildman–Crippen LogP) is 1.63. The molecule has 0 aromatic rings. The zero-order chi connectivity index (χ0) is 12.0. The van der Waals surface area contributed by atoms with Crippen LogP contribution in [0.4, 0.5) is 0 Å². The second-order valence-corrected chi connectivity index (χ2v) is 6.89. The molecule has 1 amide bonds. The number of rotatable bonds is 4. The molecule has 94 valence electrons. The molecule has 0 atom stereocenters. The molecule has 3 nitrogen and oxygen atoms in total. The number of hydrogen-bond acceptors (Lipinski definition) is 3. The number of piperidine rings is 1. The lowest BCUT2D eigenvalue weighted by molar-refractivity contribution is -0.118. The van der Waals surface area contributed by atoms with Crippen molar-refractivity contribution >= 4 is 17.7 Å². The molecule has 0 unspecified atom stereocenters. The van der Waals surface area contributed by atoms with E-state index in [1.54, 1.807) is 11.8 Å². The molecule has 0 saturated carbocycles. The van der Waals surface area contributed by atoms with Crippen LogP contribution >= 0.6 is 11.8 Å². The summed E-state index contributed by atoms with van der Waals surface area (Å²) in [5.41, 5.74) is 0.176. The van der Waals surface area contributed by atoms with Gasteiger partial charge >= 0.3 is 0 Å². The molecular formula is C12H24N2OS. The van der Waals surface area contributed by atoms with E-state index in [4.69, 9.17) is 0 Å². The molecule has 0 bridgehead atoms. The van der Waals surface area contributed by atoms with Gasteiger partial charge in [0.25, 0.3) is 0 Å². The first-order chi connectivity index (χ1) is 7.47. The van der Waals surface area contributed by atoms with Crippen LogP contribution in [0, 0.1) is 5.41 Å². The van der Waals surface area contributed by atoms with Crippen LogP contribution in [0.1, 0.15) is 33.6 Å². The molecule has 16 heavy (non-hydrogen) atoms. The Morgan fingerprint density at radius 3 is 2.56 bits per heavy atom. The summed E-state index contributed by atoms with van der Waals surface area (Å²) in [6.07, 6.45) is 2.38. The van der Waals surface area contributed by atoms with E-state index in [0.717, 1.165) is 19.6 Å². The average Bonchev–Trinajstić information content (AvgIpc) is 2.24.